The molecule has 0 aliphatic heterocycles. The second-order valence-corrected chi connectivity index (χ2v) is 7.38. The summed E-state index contributed by atoms with van der Waals surface area (Å²) in [4.78, 5) is 4.61. The van der Waals surface area contributed by atoms with Crippen molar-refractivity contribution < 1.29 is 0 Å². The van der Waals surface area contributed by atoms with Gasteiger partial charge >= 0.3 is 0 Å². The van der Waals surface area contributed by atoms with Gasteiger partial charge in [0.1, 0.15) is 0 Å². The molecule has 0 spiro atoms. The highest BCUT2D eigenvalue weighted by molar-refractivity contribution is 9.10. The fourth-order valence-corrected chi connectivity index (χ4v) is 4.33. The number of para-hydroxylation sites is 1. The lowest BCUT2D eigenvalue weighted by Gasteiger charge is -2.10. The summed E-state index contributed by atoms with van der Waals surface area (Å²) in [5.41, 5.74) is 1.97. The van der Waals surface area contributed by atoms with Crippen LogP contribution in [0.5, 0.6) is 0 Å². The molecular weight excluding hydrogens is 377 g/mol. The number of nitrogens with zero attached hydrogens (tertiary/aromatic N) is 1. The third kappa shape index (κ3) is 3.01. The van der Waals surface area contributed by atoms with Crippen LogP contribution < -0.4 is 0 Å². The fourth-order valence-electron chi connectivity index (χ4n) is 2.03. The number of benzene rings is 2. The summed E-state index contributed by atoms with van der Waals surface area (Å²) >= 11 is 17.8. The first-order valence-corrected chi connectivity index (χ1v) is 8.49. The molecule has 0 saturated carbocycles. The number of alkyl halides is 1. The molecule has 0 N–H and O–H groups in total. The summed E-state index contributed by atoms with van der Waals surface area (Å²) in [7, 11) is 0. The van der Waals surface area contributed by atoms with Gasteiger partial charge in [-0.25, -0.2) is 4.98 Å². The number of hydrogen-bond acceptors (Lipinski definition) is 2. The van der Waals surface area contributed by atoms with Crippen molar-refractivity contribution in [3.05, 3.63) is 62.5 Å². The van der Waals surface area contributed by atoms with Gasteiger partial charge in [-0.3, -0.25) is 0 Å². The van der Waals surface area contributed by atoms with Crippen LogP contribution in [0.1, 0.15) is 15.9 Å². The number of rotatable bonds is 3. The minimum atomic E-state index is -0.170. The average Bonchev–Trinajstić information content (AvgIpc) is 2.80. The zero-order chi connectivity index (χ0) is 14.1. The maximum absolute atomic E-state index is 6.49. The lowest BCUT2D eigenvalue weighted by molar-refractivity contribution is 0.911. The van der Waals surface area contributed by atoms with Crippen LogP contribution in [0.4, 0.5) is 0 Å². The summed E-state index contributed by atoms with van der Waals surface area (Å²) in [6.07, 6.45) is 0.683. The number of halogens is 3. The van der Waals surface area contributed by atoms with Gasteiger partial charge in [-0.05, 0) is 29.8 Å². The van der Waals surface area contributed by atoms with Crippen LogP contribution in [0.25, 0.3) is 10.2 Å². The fraction of sp³-hybridized carbons (Fsp3) is 0.133. The smallest absolute Gasteiger partial charge is 0.0956 e. The van der Waals surface area contributed by atoms with Gasteiger partial charge in [0.25, 0.3) is 0 Å². The van der Waals surface area contributed by atoms with Gasteiger partial charge in [0, 0.05) is 15.9 Å². The average molecular weight is 387 g/mol. The summed E-state index contributed by atoms with van der Waals surface area (Å²) in [5.74, 6) is 0. The second-order valence-electron chi connectivity index (χ2n) is 4.41. The quantitative estimate of drug-likeness (QED) is 0.485. The minimum absolute atomic E-state index is 0.170. The maximum Gasteiger partial charge on any atom is 0.0956 e. The van der Waals surface area contributed by atoms with Gasteiger partial charge in [0.2, 0.25) is 0 Å². The molecule has 0 aliphatic carbocycles. The van der Waals surface area contributed by atoms with Gasteiger partial charge in [-0.15, -0.1) is 22.9 Å². The SMILES string of the molecule is Clc1cc(Br)ccc1C(Cl)Cc1nc2ccccc2s1. The molecule has 0 amide bonds. The predicted molar refractivity (Wildman–Crippen MR) is 91.1 cm³/mol. The Morgan fingerprint density at radius 2 is 2.00 bits per heavy atom. The predicted octanol–water partition coefficient (Wildman–Crippen LogP) is 6.23. The summed E-state index contributed by atoms with van der Waals surface area (Å²) in [6.45, 7) is 0. The van der Waals surface area contributed by atoms with Crippen molar-refractivity contribution in [1.82, 2.24) is 4.98 Å². The Kier molecular flexibility index (Phi) is 4.32. The molecular formula is C15H10BrCl2NS. The Hall–Kier alpha value is -0.610. The van der Waals surface area contributed by atoms with Gasteiger partial charge in [0.05, 0.1) is 20.6 Å². The van der Waals surface area contributed by atoms with Crippen LogP contribution in [0.3, 0.4) is 0 Å². The Labute approximate surface area is 139 Å². The van der Waals surface area contributed by atoms with E-state index in [0.717, 1.165) is 20.6 Å². The van der Waals surface area contributed by atoms with Crippen LogP contribution >= 0.6 is 50.5 Å². The van der Waals surface area contributed by atoms with Gasteiger partial charge in [-0.2, -0.15) is 0 Å². The van der Waals surface area contributed by atoms with Crippen molar-refractivity contribution in [2.24, 2.45) is 0 Å². The molecule has 1 heterocycles. The molecule has 20 heavy (non-hydrogen) atoms. The van der Waals surface area contributed by atoms with E-state index in [-0.39, 0.29) is 5.38 Å². The minimum Gasteiger partial charge on any atom is -0.241 e. The summed E-state index contributed by atoms with van der Waals surface area (Å²) in [6, 6.07) is 13.9. The molecule has 5 heteroatoms. The van der Waals surface area contributed by atoms with Crippen LogP contribution in [-0.2, 0) is 6.42 Å². The highest BCUT2D eigenvalue weighted by atomic mass is 79.9. The molecule has 1 nitrogen and oxygen atoms in total. The van der Waals surface area contributed by atoms with Crippen molar-refractivity contribution in [2.45, 2.75) is 11.8 Å². The van der Waals surface area contributed by atoms with Crippen LogP contribution in [-0.4, -0.2) is 4.98 Å². The molecule has 1 unspecified atom stereocenters. The molecule has 1 aromatic heterocycles. The van der Waals surface area contributed by atoms with Crippen LogP contribution in [0.2, 0.25) is 5.02 Å². The van der Waals surface area contributed by atoms with E-state index in [1.54, 1.807) is 11.3 Å². The molecule has 0 bridgehead atoms. The molecule has 2 aromatic carbocycles. The normalized spacial score (nSPS) is 12.8. The van der Waals surface area contributed by atoms with E-state index in [2.05, 4.69) is 27.0 Å². The molecule has 1 atom stereocenters. The highest BCUT2D eigenvalue weighted by Gasteiger charge is 2.15. The van der Waals surface area contributed by atoms with Crippen molar-refractivity contribution in [3.8, 4) is 0 Å². The zero-order valence-corrected chi connectivity index (χ0v) is 14.2. The van der Waals surface area contributed by atoms with E-state index in [9.17, 15) is 0 Å². The Morgan fingerprint density at radius 3 is 2.75 bits per heavy atom. The van der Waals surface area contributed by atoms with Crippen molar-refractivity contribution in [1.29, 1.82) is 0 Å². The summed E-state index contributed by atoms with van der Waals surface area (Å²) < 4.78 is 2.14. The summed E-state index contributed by atoms with van der Waals surface area (Å²) in [5, 5.41) is 1.54. The Balaban J connectivity index is 1.86. The van der Waals surface area contributed by atoms with Gasteiger partial charge in [0.15, 0.2) is 0 Å². The monoisotopic (exact) mass is 385 g/mol. The van der Waals surface area contributed by atoms with E-state index < -0.39 is 0 Å². The molecule has 0 saturated heterocycles. The zero-order valence-electron chi connectivity index (χ0n) is 10.3. The second kappa shape index (κ2) is 6.02. The van der Waals surface area contributed by atoms with E-state index >= 15 is 0 Å². The topological polar surface area (TPSA) is 12.9 Å². The third-order valence-electron chi connectivity index (χ3n) is 2.99. The van der Waals surface area contributed by atoms with E-state index in [0.29, 0.717) is 11.4 Å². The maximum atomic E-state index is 6.49. The van der Waals surface area contributed by atoms with E-state index in [4.69, 9.17) is 23.2 Å². The molecule has 3 aromatic rings. The van der Waals surface area contributed by atoms with Gasteiger partial charge in [-0.1, -0.05) is 45.7 Å². The molecule has 102 valence electrons. The number of aromatic nitrogens is 1. The lowest BCUT2D eigenvalue weighted by atomic mass is 10.1. The molecule has 0 radical (unpaired) electrons. The number of fused-ring (bicyclic) bond motifs is 1. The molecule has 0 aliphatic rings. The molecule has 0 fully saturated rings. The Morgan fingerprint density at radius 1 is 1.20 bits per heavy atom. The largest absolute Gasteiger partial charge is 0.241 e. The van der Waals surface area contributed by atoms with Gasteiger partial charge < -0.3 is 0 Å². The van der Waals surface area contributed by atoms with Crippen molar-refractivity contribution >= 4 is 60.7 Å². The van der Waals surface area contributed by atoms with Crippen molar-refractivity contribution in [2.75, 3.05) is 0 Å². The first-order chi connectivity index (χ1) is 9.63. The van der Waals surface area contributed by atoms with E-state index in [1.807, 2.05) is 36.4 Å². The lowest BCUT2D eigenvalue weighted by Crippen LogP contribution is -1.96. The Bertz CT molecular complexity index is 723. The highest BCUT2D eigenvalue weighted by Crippen LogP contribution is 2.34. The van der Waals surface area contributed by atoms with Crippen LogP contribution in [0.15, 0.2) is 46.9 Å². The van der Waals surface area contributed by atoms with Crippen LogP contribution in [0, 0.1) is 0 Å². The number of hydrogen-bond donors (Lipinski definition) is 0. The van der Waals surface area contributed by atoms with E-state index in [1.165, 1.54) is 4.70 Å². The molecule has 3 rings (SSSR count). The van der Waals surface area contributed by atoms with Crippen molar-refractivity contribution in [3.63, 3.8) is 0 Å². The first kappa shape index (κ1) is 14.3. The third-order valence-corrected chi connectivity index (χ3v) is 5.26. The standard InChI is InChI=1S/C15H10BrCl2NS/c16-9-5-6-10(11(17)7-9)12(18)8-15-19-13-3-1-2-4-14(13)20-15/h1-7,12H,8H2. The first-order valence-electron chi connectivity index (χ1n) is 6.07. The number of thiazole rings is 1.